The van der Waals surface area contributed by atoms with Gasteiger partial charge in [0.1, 0.15) is 13.2 Å². The highest BCUT2D eigenvalue weighted by Crippen LogP contribution is 2.15. The van der Waals surface area contributed by atoms with Crippen molar-refractivity contribution in [3.05, 3.63) is 24.3 Å². The Morgan fingerprint density at radius 3 is 0.947 bits per heavy atom. The summed E-state index contributed by atoms with van der Waals surface area (Å²) in [7, 11) is 0. The van der Waals surface area contributed by atoms with Crippen molar-refractivity contribution in [2.45, 2.75) is 271 Å². The molecule has 0 saturated carbocycles. The maximum Gasteiger partial charge on any atom is 0.306 e. The Kier molecular flexibility index (Phi) is 44.9. The molecule has 0 aliphatic rings. The smallest absolute Gasteiger partial charge is 0.306 e. The van der Waals surface area contributed by atoms with Crippen LogP contribution in [0.5, 0.6) is 0 Å². The zero-order valence-electron chi connectivity index (χ0n) is 38.1. The Morgan fingerprint density at radius 2 is 0.596 bits per heavy atom. The largest absolute Gasteiger partial charge is 0.462 e. The average molecular weight is 803 g/mol. The lowest BCUT2D eigenvalue weighted by atomic mass is 10.0. The third kappa shape index (κ3) is 44.8. The van der Waals surface area contributed by atoms with E-state index in [1.807, 2.05) is 0 Å². The van der Waals surface area contributed by atoms with Crippen LogP contribution in [0.2, 0.25) is 0 Å². The second kappa shape index (κ2) is 46.6. The highest BCUT2D eigenvalue weighted by atomic mass is 16.6. The molecule has 0 aliphatic carbocycles. The molecule has 0 N–H and O–H groups in total. The number of ether oxygens (including phenoxy) is 3. The van der Waals surface area contributed by atoms with Gasteiger partial charge in [0.25, 0.3) is 0 Å². The fourth-order valence-electron chi connectivity index (χ4n) is 7.12. The first-order valence-corrected chi connectivity index (χ1v) is 24.8. The van der Waals surface area contributed by atoms with Gasteiger partial charge >= 0.3 is 17.9 Å². The molecule has 57 heavy (non-hydrogen) atoms. The van der Waals surface area contributed by atoms with E-state index in [9.17, 15) is 14.4 Å². The Morgan fingerprint density at radius 1 is 0.333 bits per heavy atom. The third-order valence-electron chi connectivity index (χ3n) is 10.9. The number of carbonyl (C=O) groups excluding carboxylic acids is 3. The normalized spacial score (nSPS) is 12.1. The number of carbonyl (C=O) groups is 3. The first-order chi connectivity index (χ1) is 28.0. The monoisotopic (exact) mass is 803 g/mol. The van der Waals surface area contributed by atoms with Crippen molar-refractivity contribution in [3.63, 3.8) is 0 Å². The molecule has 0 spiro atoms. The lowest BCUT2D eigenvalue weighted by Crippen LogP contribution is -2.30. The van der Waals surface area contributed by atoms with E-state index in [1.165, 1.54) is 135 Å². The molecule has 0 fully saturated rings. The van der Waals surface area contributed by atoms with Gasteiger partial charge in [0.15, 0.2) is 6.10 Å². The summed E-state index contributed by atoms with van der Waals surface area (Å²) in [4.78, 5) is 37.8. The van der Waals surface area contributed by atoms with Crippen molar-refractivity contribution in [2.75, 3.05) is 13.2 Å². The molecule has 0 aromatic rings. The van der Waals surface area contributed by atoms with Gasteiger partial charge in [-0.2, -0.15) is 0 Å². The summed E-state index contributed by atoms with van der Waals surface area (Å²) in [6.07, 6.45) is 51.6. The number of unbranched alkanes of at least 4 members (excludes halogenated alkanes) is 30. The summed E-state index contributed by atoms with van der Waals surface area (Å²) < 4.78 is 16.7. The maximum absolute atomic E-state index is 12.7. The molecule has 1 atom stereocenters. The highest BCUT2D eigenvalue weighted by Gasteiger charge is 2.19. The van der Waals surface area contributed by atoms with Crippen LogP contribution in [-0.4, -0.2) is 37.2 Å². The van der Waals surface area contributed by atoms with Crippen LogP contribution in [0.4, 0.5) is 0 Å². The summed E-state index contributed by atoms with van der Waals surface area (Å²) in [6, 6.07) is 0. The summed E-state index contributed by atoms with van der Waals surface area (Å²) in [5, 5.41) is 0. The second-order valence-electron chi connectivity index (χ2n) is 16.7. The Labute approximate surface area is 353 Å². The van der Waals surface area contributed by atoms with Crippen LogP contribution in [0.15, 0.2) is 24.3 Å². The molecule has 0 aliphatic heterocycles. The van der Waals surface area contributed by atoms with Crippen molar-refractivity contribution in [1.82, 2.24) is 0 Å². The number of rotatable bonds is 45. The van der Waals surface area contributed by atoms with E-state index in [0.717, 1.165) is 89.9 Å². The summed E-state index contributed by atoms with van der Waals surface area (Å²) in [5.41, 5.74) is 0. The summed E-state index contributed by atoms with van der Waals surface area (Å²) in [6.45, 7) is 6.58. The van der Waals surface area contributed by atoms with E-state index >= 15 is 0 Å². The molecule has 0 rings (SSSR count). The van der Waals surface area contributed by atoms with Gasteiger partial charge in [-0.15, -0.1) is 0 Å². The zero-order valence-corrected chi connectivity index (χ0v) is 38.1. The molecule has 0 amide bonds. The molecule has 6 nitrogen and oxygen atoms in total. The van der Waals surface area contributed by atoms with Crippen LogP contribution in [0.1, 0.15) is 265 Å². The fraction of sp³-hybridized carbons (Fsp3) is 0.863. The molecule has 0 aromatic carbocycles. The van der Waals surface area contributed by atoms with Gasteiger partial charge in [-0.05, 0) is 64.2 Å². The molecule has 0 aromatic heterocycles. The summed E-state index contributed by atoms with van der Waals surface area (Å²) in [5.74, 6) is -0.899. The molecule has 0 saturated heterocycles. The SMILES string of the molecule is CCCC/C=C\CCCCCCC(=O)OCC(COC(=O)CCCCCCCCCCCCCCCCCC)OC(=O)CCCCC/C=C\CCCCCCCC. The lowest BCUT2D eigenvalue weighted by molar-refractivity contribution is -0.167. The Hall–Kier alpha value is -2.11. The molecule has 0 radical (unpaired) electrons. The van der Waals surface area contributed by atoms with E-state index < -0.39 is 6.10 Å². The quantitative estimate of drug-likeness (QED) is 0.0264. The third-order valence-corrected chi connectivity index (χ3v) is 10.9. The fourth-order valence-corrected chi connectivity index (χ4v) is 7.12. The minimum Gasteiger partial charge on any atom is -0.462 e. The predicted octanol–water partition coefficient (Wildman–Crippen LogP) is 16.0. The number of esters is 3. The number of allylic oxidation sites excluding steroid dienone is 4. The van der Waals surface area contributed by atoms with Gasteiger partial charge in [-0.25, -0.2) is 0 Å². The van der Waals surface area contributed by atoms with E-state index in [0.29, 0.717) is 19.3 Å². The summed E-state index contributed by atoms with van der Waals surface area (Å²) >= 11 is 0. The molecular formula is C51H94O6. The average Bonchev–Trinajstić information content (AvgIpc) is 3.21. The number of hydrogen-bond donors (Lipinski definition) is 0. The standard InChI is InChI=1S/C51H94O6/c1-4-7-10-13-16-19-22-24-25-26-28-29-32-35-38-41-44-50(53)56-47-48(46-55-49(52)43-40-37-34-31-21-18-15-12-9-6-3)57-51(54)45-42-39-36-33-30-27-23-20-17-14-11-8-5-2/h15,18,27,30,48H,4-14,16-17,19-26,28-29,31-47H2,1-3H3/b18-15-,30-27-. The molecule has 334 valence electrons. The number of hydrogen-bond acceptors (Lipinski definition) is 6. The van der Waals surface area contributed by atoms with E-state index in [1.54, 1.807) is 0 Å². The van der Waals surface area contributed by atoms with Crippen LogP contribution >= 0.6 is 0 Å². The van der Waals surface area contributed by atoms with Gasteiger partial charge in [-0.3, -0.25) is 14.4 Å². The van der Waals surface area contributed by atoms with Crippen LogP contribution < -0.4 is 0 Å². The first-order valence-electron chi connectivity index (χ1n) is 24.8. The molecular weight excluding hydrogens is 709 g/mol. The van der Waals surface area contributed by atoms with E-state index in [4.69, 9.17) is 14.2 Å². The van der Waals surface area contributed by atoms with Crippen molar-refractivity contribution >= 4 is 17.9 Å². The highest BCUT2D eigenvalue weighted by molar-refractivity contribution is 5.71. The van der Waals surface area contributed by atoms with Gasteiger partial charge in [-0.1, -0.05) is 206 Å². The van der Waals surface area contributed by atoms with Crippen LogP contribution in [0.3, 0.4) is 0 Å². The second-order valence-corrected chi connectivity index (χ2v) is 16.7. The van der Waals surface area contributed by atoms with Crippen LogP contribution in [0.25, 0.3) is 0 Å². The Bertz CT molecular complexity index is 927. The molecule has 6 heteroatoms. The van der Waals surface area contributed by atoms with Gasteiger partial charge in [0, 0.05) is 19.3 Å². The van der Waals surface area contributed by atoms with Gasteiger partial charge in [0.2, 0.25) is 0 Å². The minimum atomic E-state index is -0.777. The molecule has 0 heterocycles. The van der Waals surface area contributed by atoms with Crippen LogP contribution in [-0.2, 0) is 28.6 Å². The Balaban J connectivity index is 4.33. The van der Waals surface area contributed by atoms with E-state index in [-0.39, 0.29) is 31.1 Å². The molecule has 0 bridgehead atoms. The van der Waals surface area contributed by atoms with Gasteiger partial charge in [0.05, 0.1) is 0 Å². The van der Waals surface area contributed by atoms with Crippen LogP contribution in [0, 0.1) is 0 Å². The minimum absolute atomic E-state index is 0.0775. The van der Waals surface area contributed by atoms with Crippen molar-refractivity contribution in [2.24, 2.45) is 0 Å². The lowest BCUT2D eigenvalue weighted by Gasteiger charge is -2.18. The topological polar surface area (TPSA) is 78.9 Å². The van der Waals surface area contributed by atoms with Crippen molar-refractivity contribution < 1.29 is 28.6 Å². The van der Waals surface area contributed by atoms with Gasteiger partial charge < -0.3 is 14.2 Å². The van der Waals surface area contributed by atoms with Crippen molar-refractivity contribution in [1.29, 1.82) is 0 Å². The predicted molar refractivity (Wildman–Crippen MR) is 243 cm³/mol. The van der Waals surface area contributed by atoms with E-state index in [2.05, 4.69) is 45.1 Å². The maximum atomic E-state index is 12.7. The zero-order chi connectivity index (χ0) is 41.5. The first kappa shape index (κ1) is 54.9. The van der Waals surface area contributed by atoms with Crippen molar-refractivity contribution in [3.8, 4) is 0 Å². The molecule has 1 unspecified atom stereocenters.